The van der Waals surface area contributed by atoms with E-state index in [-0.39, 0.29) is 5.78 Å². The van der Waals surface area contributed by atoms with Gasteiger partial charge in [0.2, 0.25) is 0 Å². The lowest BCUT2D eigenvalue weighted by atomic mass is 10.0. The summed E-state index contributed by atoms with van der Waals surface area (Å²) in [4.78, 5) is 15.9. The summed E-state index contributed by atoms with van der Waals surface area (Å²) in [6.45, 7) is 9.36. The number of allylic oxidation sites excluding steroid dienone is 1. The van der Waals surface area contributed by atoms with Crippen LogP contribution in [0.3, 0.4) is 0 Å². The summed E-state index contributed by atoms with van der Waals surface area (Å²) in [7, 11) is 0. The van der Waals surface area contributed by atoms with Crippen molar-refractivity contribution >= 4 is 5.78 Å². The van der Waals surface area contributed by atoms with Gasteiger partial charge in [-0.1, -0.05) is 12.2 Å². The molecule has 1 rings (SSSR count). The lowest BCUT2D eigenvalue weighted by Gasteiger charge is -2.04. The van der Waals surface area contributed by atoms with E-state index in [1.165, 1.54) is 0 Å². The monoisotopic (exact) mass is 189 g/mol. The van der Waals surface area contributed by atoms with Crippen molar-refractivity contribution in [1.29, 1.82) is 0 Å². The number of aromatic nitrogens is 1. The molecule has 14 heavy (non-hydrogen) atoms. The summed E-state index contributed by atoms with van der Waals surface area (Å²) in [5.41, 5.74) is 3.33. The van der Waals surface area contributed by atoms with Crippen LogP contribution in [0.25, 0.3) is 0 Å². The van der Waals surface area contributed by atoms with Gasteiger partial charge in [-0.3, -0.25) is 9.78 Å². The summed E-state index contributed by atoms with van der Waals surface area (Å²) in [5.74, 6) is 0.0995. The fraction of sp³-hybridized carbons (Fsp3) is 0.333. The molecule has 0 radical (unpaired) electrons. The number of hydrogen-bond donors (Lipinski definition) is 0. The van der Waals surface area contributed by atoms with Gasteiger partial charge >= 0.3 is 0 Å². The van der Waals surface area contributed by atoms with Crippen molar-refractivity contribution < 1.29 is 4.79 Å². The Kier molecular flexibility index (Phi) is 3.18. The second kappa shape index (κ2) is 4.18. The lowest BCUT2D eigenvalue weighted by Crippen LogP contribution is -2.04. The molecule has 0 amide bonds. The van der Waals surface area contributed by atoms with Gasteiger partial charge in [0.15, 0.2) is 5.78 Å². The highest BCUT2D eigenvalue weighted by Gasteiger charge is 2.09. The molecule has 74 valence electrons. The molecular weight excluding hydrogens is 174 g/mol. The maximum absolute atomic E-state index is 11.7. The highest BCUT2D eigenvalue weighted by atomic mass is 16.1. The first-order chi connectivity index (χ1) is 6.50. The van der Waals surface area contributed by atoms with Crippen LogP contribution in [0.15, 0.2) is 24.3 Å². The molecule has 1 aromatic rings. The number of rotatable bonds is 3. The Bertz CT molecular complexity index is 380. The van der Waals surface area contributed by atoms with Crippen molar-refractivity contribution in [1.82, 2.24) is 4.98 Å². The van der Waals surface area contributed by atoms with Gasteiger partial charge in [-0.15, -0.1) is 0 Å². The van der Waals surface area contributed by atoms with E-state index >= 15 is 0 Å². The van der Waals surface area contributed by atoms with Gasteiger partial charge in [-0.2, -0.15) is 0 Å². The van der Waals surface area contributed by atoms with E-state index in [4.69, 9.17) is 0 Å². The van der Waals surface area contributed by atoms with E-state index in [2.05, 4.69) is 11.6 Å². The number of Topliss-reactive ketones (excluding diaryl/α,β-unsaturated/α-hetero) is 1. The number of pyridine rings is 1. The first-order valence-corrected chi connectivity index (χ1v) is 4.62. The fourth-order valence-electron chi connectivity index (χ4n) is 1.35. The van der Waals surface area contributed by atoms with E-state index in [9.17, 15) is 4.79 Å². The smallest absolute Gasteiger partial charge is 0.168 e. The Hall–Kier alpha value is -1.44. The van der Waals surface area contributed by atoms with E-state index in [1.54, 1.807) is 0 Å². The van der Waals surface area contributed by atoms with Crippen LogP contribution in [-0.4, -0.2) is 10.8 Å². The highest BCUT2D eigenvalue weighted by molar-refractivity contribution is 5.98. The predicted molar refractivity (Wildman–Crippen MR) is 57.5 cm³/mol. The van der Waals surface area contributed by atoms with E-state index in [0.29, 0.717) is 12.0 Å². The van der Waals surface area contributed by atoms with Gasteiger partial charge < -0.3 is 0 Å². The average molecular weight is 189 g/mol. The first kappa shape index (κ1) is 10.6. The molecule has 0 aliphatic heterocycles. The molecule has 0 bridgehead atoms. The zero-order valence-corrected chi connectivity index (χ0v) is 8.92. The summed E-state index contributed by atoms with van der Waals surface area (Å²) in [6.07, 6.45) is 0.408. The molecule has 1 heterocycles. The molecule has 0 aliphatic rings. The molecule has 1 aromatic heterocycles. The maximum atomic E-state index is 11.7. The lowest BCUT2D eigenvalue weighted by molar-refractivity contribution is 0.0992. The number of aryl methyl sites for hydroxylation is 2. The zero-order valence-electron chi connectivity index (χ0n) is 8.92. The van der Waals surface area contributed by atoms with Crippen LogP contribution < -0.4 is 0 Å². The second-order valence-corrected chi connectivity index (χ2v) is 3.64. The minimum absolute atomic E-state index is 0.0995. The molecule has 0 unspecified atom stereocenters. The summed E-state index contributed by atoms with van der Waals surface area (Å²) in [6, 6.07) is 3.70. The number of carbonyl (C=O) groups is 1. The third kappa shape index (κ3) is 2.52. The van der Waals surface area contributed by atoms with Crippen LogP contribution in [0.4, 0.5) is 0 Å². The third-order valence-electron chi connectivity index (χ3n) is 1.99. The van der Waals surface area contributed by atoms with Crippen molar-refractivity contribution in [3.05, 3.63) is 41.2 Å². The van der Waals surface area contributed by atoms with Crippen LogP contribution in [0, 0.1) is 13.8 Å². The highest BCUT2D eigenvalue weighted by Crippen LogP contribution is 2.11. The Labute approximate surface area is 84.7 Å². The van der Waals surface area contributed by atoms with E-state index in [0.717, 1.165) is 17.0 Å². The van der Waals surface area contributed by atoms with Gasteiger partial charge in [0, 0.05) is 23.4 Å². The molecule has 0 atom stereocenters. The molecule has 2 nitrogen and oxygen atoms in total. The number of carbonyl (C=O) groups excluding carboxylic acids is 1. The van der Waals surface area contributed by atoms with Gasteiger partial charge in [0.05, 0.1) is 0 Å². The molecule has 0 saturated heterocycles. The van der Waals surface area contributed by atoms with Crippen LogP contribution in [0.1, 0.15) is 35.1 Å². The molecule has 0 aromatic carbocycles. The minimum atomic E-state index is 0.0995. The standard InChI is InChI=1S/C12H15NO/c1-8(2)7-12(14)11-6-5-9(3)13-10(11)4/h5-6H,1,7H2,2-4H3. The summed E-state index contributed by atoms with van der Waals surface area (Å²) < 4.78 is 0. The van der Waals surface area contributed by atoms with Gasteiger partial charge in [0.25, 0.3) is 0 Å². The van der Waals surface area contributed by atoms with Crippen molar-refractivity contribution in [2.45, 2.75) is 27.2 Å². The summed E-state index contributed by atoms with van der Waals surface area (Å²) >= 11 is 0. The Morgan fingerprint density at radius 3 is 2.57 bits per heavy atom. The van der Waals surface area contributed by atoms with E-state index in [1.807, 2.05) is 32.9 Å². The Morgan fingerprint density at radius 2 is 2.07 bits per heavy atom. The second-order valence-electron chi connectivity index (χ2n) is 3.64. The largest absolute Gasteiger partial charge is 0.294 e. The van der Waals surface area contributed by atoms with Crippen molar-refractivity contribution in [3.63, 3.8) is 0 Å². The zero-order chi connectivity index (χ0) is 10.7. The van der Waals surface area contributed by atoms with Crippen molar-refractivity contribution in [2.75, 3.05) is 0 Å². The normalized spacial score (nSPS) is 9.93. The predicted octanol–water partition coefficient (Wildman–Crippen LogP) is 2.85. The van der Waals surface area contributed by atoms with E-state index < -0.39 is 0 Å². The SMILES string of the molecule is C=C(C)CC(=O)c1ccc(C)nc1C. The van der Waals surface area contributed by atoms with Gasteiger partial charge in [-0.25, -0.2) is 0 Å². The van der Waals surface area contributed by atoms with Gasteiger partial charge in [-0.05, 0) is 32.9 Å². The quantitative estimate of drug-likeness (QED) is 0.540. The summed E-state index contributed by atoms with van der Waals surface area (Å²) in [5, 5.41) is 0. The molecule has 0 saturated carbocycles. The van der Waals surface area contributed by atoms with Crippen LogP contribution in [0.2, 0.25) is 0 Å². The number of hydrogen-bond acceptors (Lipinski definition) is 2. The Morgan fingerprint density at radius 1 is 1.43 bits per heavy atom. The van der Waals surface area contributed by atoms with Gasteiger partial charge in [0.1, 0.15) is 0 Å². The topological polar surface area (TPSA) is 30.0 Å². The third-order valence-corrected chi connectivity index (χ3v) is 1.99. The molecule has 2 heteroatoms. The minimum Gasteiger partial charge on any atom is -0.294 e. The van der Waals surface area contributed by atoms with Crippen LogP contribution in [-0.2, 0) is 0 Å². The number of ketones is 1. The fourth-order valence-corrected chi connectivity index (χ4v) is 1.35. The van der Waals surface area contributed by atoms with Crippen LogP contribution in [0.5, 0.6) is 0 Å². The first-order valence-electron chi connectivity index (χ1n) is 4.62. The molecule has 0 N–H and O–H groups in total. The maximum Gasteiger partial charge on any atom is 0.168 e. The van der Waals surface area contributed by atoms with Crippen LogP contribution >= 0.6 is 0 Å². The molecule has 0 aliphatic carbocycles. The molecular formula is C12H15NO. The molecule has 0 spiro atoms. The molecule has 0 fully saturated rings. The Balaban J connectivity index is 2.96. The average Bonchev–Trinajstić information content (AvgIpc) is 2.01. The number of nitrogens with zero attached hydrogens (tertiary/aromatic N) is 1. The van der Waals surface area contributed by atoms with Crippen molar-refractivity contribution in [3.8, 4) is 0 Å². The van der Waals surface area contributed by atoms with Crippen molar-refractivity contribution in [2.24, 2.45) is 0 Å².